The second-order valence-corrected chi connectivity index (χ2v) is 7.37. The monoisotopic (exact) mass is 305 g/mol. The number of allylic oxidation sites excluding steroid dienone is 3. The van der Waals surface area contributed by atoms with Crippen molar-refractivity contribution >= 4 is 5.91 Å². The van der Waals surface area contributed by atoms with Crippen molar-refractivity contribution in [1.82, 2.24) is 4.90 Å². The van der Waals surface area contributed by atoms with Gasteiger partial charge >= 0.3 is 0 Å². The third-order valence-corrected chi connectivity index (χ3v) is 4.47. The standard InChI is InChI=1S/C20H35NO/c1-16(2)10-9-11-18(5)14-15-21(20(22)17(3)4)19-12-7-6-8-13-19/h10,14-15,17-19H,6-9,11-13H2,1-5H3/b15-14+/t18-/m1/s1. The van der Waals surface area contributed by atoms with Crippen molar-refractivity contribution in [1.29, 1.82) is 0 Å². The zero-order valence-corrected chi connectivity index (χ0v) is 15.3. The molecule has 0 aromatic carbocycles. The van der Waals surface area contributed by atoms with E-state index in [2.05, 4.69) is 39.1 Å². The maximum Gasteiger partial charge on any atom is 0.229 e. The van der Waals surface area contributed by atoms with Crippen LogP contribution in [0.3, 0.4) is 0 Å². The quantitative estimate of drug-likeness (QED) is 0.552. The molecule has 0 radical (unpaired) electrons. The molecule has 1 saturated carbocycles. The Hall–Kier alpha value is -1.05. The van der Waals surface area contributed by atoms with Crippen molar-refractivity contribution in [3.8, 4) is 0 Å². The van der Waals surface area contributed by atoms with Gasteiger partial charge in [-0.3, -0.25) is 4.79 Å². The first kappa shape index (κ1) is 19.0. The molecule has 1 rings (SSSR count). The minimum atomic E-state index is 0.0764. The van der Waals surface area contributed by atoms with Gasteiger partial charge in [-0.15, -0.1) is 0 Å². The lowest BCUT2D eigenvalue weighted by molar-refractivity contribution is -0.134. The van der Waals surface area contributed by atoms with Crippen LogP contribution in [-0.4, -0.2) is 16.8 Å². The first-order chi connectivity index (χ1) is 10.4. The van der Waals surface area contributed by atoms with Gasteiger partial charge in [0.15, 0.2) is 0 Å². The zero-order chi connectivity index (χ0) is 16.5. The Morgan fingerprint density at radius 2 is 1.77 bits per heavy atom. The van der Waals surface area contributed by atoms with E-state index >= 15 is 0 Å². The summed E-state index contributed by atoms with van der Waals surface area (Å²) < 4.78 is 0. The SMILES string of the molecule is CC(C)=CCC[C@@H](C)/C=C/N(C(=O)C(C)C)C1CCCCC1. The molecular weight excluding hydrogens is 270 g/mol. The van der Waals surface area contributed by atoms with Gasteiger partial charge in [0.05, 0.1) is 0 Å². The third kappa shape index (κ3) is 6.81. The molecule has 0 saturated heterocycles. The van der Waals surface area contributed by atoms with Gasteiger partial charge in [0.2, 0.25) is 5.91 Å². The molecular formula is C20H35NO. The molecule has 0 N–H and O–H groups in total. The van der Waals surface area contributed by atoms with E-state index in [1.807, 2.05) is 18.7 Å². The van der Waals surface area contributed by atoms with Crippen LogP contribution >= 0.6 is 0 Å². The molecule has 0 bridgehead atoms. The fourth-order valence-electron chi connectivity index (χ4n) is 3.00. The summed E-state index contributed by atoms with van der Waals surface area (Å²) in [6.07, 6.45) is 15.0. The van der Waals surface area contributed by atoms with Crippen LogP contribution in [-0.2, 0) is 4.79 Å². The summed E-state index contributed by atoms with van der Waals surface area (Å²) in [5.41, 5.74) is 1.38. The average molecular weight is 306 g/mol. The summed E-state index contributed by atoms with van der Waals surface area (Å²) in [6, 6.07) is 0.421. The average Bonchev–Trinajstić information content (AvgIpc) is 2.47. The Labute approximate surface area is 137 Å². The van der Waals surface area contributed by atoms with Gasteiger partial charge in [0.1, 0.15) is 0 Å². The van der Waals surface area contributed by atoms with Gasteiger partial charge in [-0.05, 0) is 45.4 Å². The Morgan fingerprint density at radius 3 is 2.32 bits per heavy atom. The van der Waals surface area contributed by atoms with Crippen LogP contribution in [0.25, 0.3) is 0 Å². The number of hydrogen-bond donors (Lipinski definition) is 0. The van der Waals surface area contributed by atoms with Crippen LogP contribution in [0.4, 0.5) is 0 Å². The molecule has 0 aromatic heterocycles. The molecule has 1 atom stereocenters. The predicted molar refractivity (Wildman–Crippen MR) is 95.5 cm³/mol. The molecule has 1 amide bonds. The van der Waals surface area contributed by atoms with Gasteiger partial charge < -0.3 is 4.90 Å². The maximum absolute atomic E-state index is 12.5. The maximum atomic E-state index is 12.5. The molecule has 1 fully saturated rings. The highest BCUT2D eigenvalue weighted by Gasteiger charge is 2.25. The van der Waals surface area contributed by atoms with Crippen LogP contribution in [0.5, 0.6) is 0 Å². The van der Waals surface area contributed by atoms with Gasteiger partial charge in [0, 0.05) is 18.2 Å². The van der Waals surface area contributed by atoms with Crippen molar-refractivity contribution in [3.05, 3.63) is 23.9 Å². The topological polar surface area (TPSA) is 20.3 Å². The summed E-state index contributed by atoms with van der Waals surface area (Å²) >= 11 is 0. The first-order valence-corrected chi connectivity index (χ1v) is 9.05. The largest absolute Gasteiger partial charge is 0.316 e. The smallest absolute Gasteiger partial charge is 0.229 e. The lowest BCUT2D eigenvalue weighted by atomic mass is 9.93. The Bertz CT molecular complexity index is 385. The Kier molecular flexibility index (Phi) is 8.52. The van der Waals surface area contributed by atoms with E-state index in [0.717, 1.165) is 25.7 Å². The molecule has 0 heterocycles. The molecule has 0 spiro atoms. The van der Waals surface area contributed by atoms with Crippen molar-refractivity contribution in [3.63, 3.8) is 0 Å². The number of carbonyl (C=O) groups excluding carboxylic acids is 1. The number of carbonyl (C=O) groups is 1. The lowest BCUT2D eigenvalue weighted by Gasteiger charge is -2.33. The summed E-state index contributed by atoms with van der Waals surface area (Å²) in [4.78, 5) is 14.6. The second kappa shape index (κ2) is 9.86. The van der Waals surface area contributed by atoms with E-state index < -0.39 is 0 Å². The second-order valence-electron chi connectivity index (χ2n) is 7.37. The van der Waals surface area contributed by atoms with Crippen molar-refractivity contribution in [2.24, 2.45) is 11.8 Å². The van der Waals surface area contributed by atoms with Crippen LogP contribution in [0.2, 0.25) is 0 Å². The fraction of sp³-hybridized carbons (Fsp3) is 0.750. The first-order valence-electron chi connectivity index (χ1n) is 9.05. The molecule has 2 heteroatoms. The van der Waals surface area contributed by atoms with Crippen molar-refractivity contribution in [2.75, 3.05) is 0 Å². The van der Waals surface area contributed by atoms with Crippen LogP contribution < -0.4 is 0 Å². The molecule has 22 heavy (non-hydrogen) atoms. The van der Waals surface area contributed by atoms with Crippen LogP contribution in [0.15, 0.2) is 23.9 Å². The van der Waals surface area contributed by atoms with E-state index in [9.17, 15) is 4.79 Å². The van der Waals surface area contributed by atoms with E-state index in [1.54, 1.807) is 0 Å². The lowest BCUT2D eigenvalue weighted by Crippen LogP contribution is -2.39. The zero-order valence-electron chi connectivity index (χ0n) is 15.3. The summed E-state index contributed by atoms with van der Waals surface area (Å²) in [5, 5.41) is 0. The fourth-order valence-corrected chi connectivity index (χ4v) is 3.00. The predicted octanol–water partition coefficient (Wildman–Crippen LogP) is 5.70. The molecule has 126 valence electrons. The molecule has 1 aliphatic carbocycles. The van der Waals surface area contributed by atoms with Crippen molar-refractivity contribution in [2.45, 2.75) is 85.6 Å². The Balaban J connectivity index is 2.64. The minimum Gasteiger partial charge on any atom is -0.316 e. The molecule has 1 aliphatic rings. The minimum absolute atomic E-state index is 0.0764. The number of hydrogen-bond acceptors (Lipinski definition) is 1. The van der Waals surface area contributed by atoms with Crippen LogP contribution in [0.1, 0.15) is 79.6 Å². The molecule has 2 nitrogen and oxygen atoms in total. The summed E-state index contributed by atoms with van der Waals surface area (Å²) in [6.45, 7) is 10.5. The van der Waals surface area contributed by atoms with Crippen LogP contribution in [0, 0.1) is 11.8 Å². The Morgan fingerprint density at radius 1 is 1.14 bits per heavy atom. The van der Waals surface area contributed by atoms with Gasteiger partial charge in [-0.1, -0.05) is 57.8 Å². The third-order valence-electron chi connectivity index (χ3n) is 4.47. The number of rotatable bonds is 7. The van der Waals surface area contributed by atoms with E-state index in [0.29, 0.717) is 12.0 Å². The van der Waals surface area contributed by atoms with Gasteiger partial charge in [-0.25, -0.2) is 0 Å². The summed E-state index contributed by atoms with van der Waals surface area (Å²) in [5.74, 6) is 0.869. The highest BCUT2D eigenvalue weighted by Crippen LogP contribution is 2.24. The van der Waals surface area contributed by atoms with E-state index in [-0.39, 0.29) is 11.8 Å². The van der Waals surface area contributed by atoms with E-state index in [4.69, 9.17) is 0 Å². The highest BCUT2D eigenvalue weighted by atomic mass is 16.2. The molecule has 0 aromatic rings. The number of nitrogens with zero attached hydrogens (tertiary/aromatic N) is 1. The van der Waals surface area contributed by atoms with Crippen molar-refractivity contribution < 1.29 is 4.79 Å². The molecule has 0 unspecified atom stereocenters. The normalized spacial score (nSPS) is 17.7. The summed E-state index contributed by atoms with van der Waals surface area (Å²) in [7, 11) is 0. The van der Waals surface area contributed by atoms with Gasteiger partial charge in [0.25, 0.3) is 0 Å². The van der Waals surface area contributed by atoms with E-state index in [1.165, 1.54) is 24.8 Å². The van der Waals surface area contributed by atoms with Gasteiger partial charge in [-0.2, -0.15) is 0 Å². The number of amides is 1. The molecule has 0 aliphatic heterocycles. The highest BCUT2D eigenvalue weighted by molar-refractivity contribution is 5.79.